The Kier molecular flexibility index (Phi) is 6.51. The van der Waals surface area contributed by atoms with Crippen LogP contribution in [0, 0.1) is 17.0 Å². The molecule has 0 aromatic heterocycles. The molecule has 0 radical (unpaired) electrons. The zero-order valence-corrected chi connectivity index (χ0v) is 17.3. The Morgan fingerprint density at radius 2 is 1.83 bits per heavy atom. The van der Waals surface area contributed by atoms with Crippen LogP contribution in [0.15, 0.2) is 47.4 Å². The van der Waals surface area contributed by atoms with Crippen LogP contribution < -0.4 is 9.46 Å². The van der Waals surface area contributed by atoms with Crippen LogP contribution in [0.3, 0.4) is 0 Å². The van der Waals surface area contributed by atoms with E-state index in [0.29, 0.717) is 0 Å². The molecule has 29 heavy (non-hydrogen) atoms. The molecule has 156 valence electrons. The van der Waals surface area contributed by atoms with Crippen LogP contribution in [-0.4, -0.2) is 45.0 Å². The lowest BCUT2D eigenvalue weighted by atomic mass is 10.1. The number of hydrogen-bond acceptors (Lipinski definition) is 6. The summed E-state index contributed by atoms with van der Waals surface area (Å²) in [5.41, 5.74) is 0.914. The molecule has 0 aliphatic carbocycles. The standard InChI is InChI=1S/C20H25N3O5S/c1-15-18(23(24)25)6-5-7-20(15)29(26,27)21-14-19(22-12-3-4-13-22)16-8-10-17(28-2)11-9-16/h5-11,19,21H,3-4,12-14H2,1-2H3. The van der Waals surface area contributed by atoms with Gasteiger partial charge in [-0.15, -0.1) is 0 Å². The molecule has 0 bridgehead atoms. The molecule has 1 saturated heterocycles. The summed E-state index contributed by atoms with van der Waals surface area (Å²) in [6.45, 7) is 3.42. The highest BCUT2D eigenvalue weighted by Crippen LogP contribution is 2.28. The first-order valence-corrected chi connectivity index (χ1v) is 10.9. The fourth-order valence-corrected chi connectivity index (χ4v) is 4.99. The summed E-state index contributed by atoms with van der Waals surface area (Å²) < 4.78 is 33.7. The van der Waals surface area contributed by atoms with E-state index in [4.69, 9.17) is 4.74 Å². The predicted molar refractivity (Wildman–Crippen MR) is 110 cm³/mol. The molecule has 0 amide bonds. The van der Waals surface area contributed by atoms with Gasteiger partial charge in [-0.1, -0.05) is 18.2 Å². The third kappa shape index (κ3) is 4.75. The molecule has 1 aliphatic heterocycles. The Morgan fingerprint density at radius 3 is 2.41 bits per heavy atom. The molecule has 9 heteroatoms. The molecule has 1 atom stereocenters. The van der Waals surface area contributed by atoms with Crippen molar-refractivity contribution in [2.45, 2.75) is 30.7 Å². The van der Waals surface area contributed by atoms with Crippen molar-refractivity contribution in [3.8, 4) is 5.75 Å². The summed E-state index contributed by atoms with van der Waals surface area (Å²) in [5, 5.41) is 11.2. The molecule has 1 N–H and O–H groups in total. The van der Waals surface area contributed by atoms with E-state index in [2.05, 4.69) is 9.62 Å². The van der Waals surface area contributed by atoms with E-state index < -0.39 is 14.9 Å². The number of likely N-dealkylation sites (tertiary alicyclic amines) is 1. The lowest BCUT2D eigenvalue weighted by Crippen LogP contribution is -2.37. The van der Waals surface area contributed by atoms with Gasteiger partial charge in [-0.3, -0.25) is 15.0 Å². The van der Waals surface area contributed by atoms with Gasteiger partial charge in [0.1, 0.15) is 5.75 Å². The summed E-state index contributed by atoms with van der Waals surface area (Å²) in [7, 11) is -2.30. The van der Waals surface area contributed by atoms with Crippen LogP contribution in [0.1, 0.15) is 30.0 Å². The number of rotatable bonds is 8. The highest BCUT2D eigenvalue weighted by Gasteiger charge is 2.27. The first kappa shape index (κ1) is 21.2. The first-order chi connectivity index (χ1) is 13.8. The SMILES string of the molecule is COc1ccc(C(CNS(=O)(=O)c2cccc([N+](=O)[O-])c2C)N2CCCC2)cc1. The first-order valence-electron chi connectivity index (χ1n) is 9.45. The van der Waals surface area contributed by atoms with Gasteiger partial charge in [0, 0.05) is 24.2 Å². The monoisotopic (exact) mass is 419 g/mol. The van der Waals surface area contributed by atoms with Crippen LogP contribution in [0.2, 0.25) is 0 Å². The van der Waals surface area contributed by atoms with Gasteiger partial charge in [-0.05, 0) is 56.6 Å². The van der Waals surface area contributed by atoms with Crippen LogP contribution in [0.4, 0.5) is 5.69 Å². The lowest BCUT2D eigenvalue weighted by Gasteiger charge is -2.28. The summed E-state index contributed by atoms with van der Waals surface area (Å²) in [5.74, 6) is 0.738. The number of hydrogen-bond donors (Lipinski definition) is 1. The van der Waals surface area contributed by atoms with Gasteiger partial charge in [0.25, 0.3) is 5.69 Å². The van der Waals surface area contributed by atoms with Gasteiger partial charge >= 0.3 is 0 Å². The topological polar surface area (TPSA) is 102 Å². The lowest BCUT2D eigenvalue weighted by molar-refractivity contribution is -0.385. The van der Waals surface area contributed by atoms with E-state index in [1.54, 1.807) is 7.11 Å². The zero-order valence-electron chi connectivity index (χ0n) is 16.5. The average Bonchev–Trinajstić information content (AvgIpc) is 3.23. The Bertz CT molecular complexity index is 970. The molecule has 0 saturated carbocycles. The Balaban J connectivity index is 1.85. The van der Waals surface area contributed by atoms with Crippen molar-refractivity contribution in [2.75, 3.05) is 26.7 Å². The second-order valence-electron chi connectivity index (χ2n) is 7.04. The van der Waals surface area contributed by atoms with Crippen LogP contribution in [0.5, 0.6) is 5.75 Å². The quantitative estimate of drug-likeness (QED) is 0.521. The van der Waals surface area contributed by atoms with Crippen LogP contribution >= 0.6 is 0 Å². The molecule has 1 heterocycles. The number of nitro groups is 1. The number of nitro benzene ring substituents is 1. The number of sulfonamides is 1. The van der Waals surface area contributed by atoms with E-state index in [1.807, 2.05) is 24.3 Å². The van der Waals surface area contributed by atoms with Gasteiger partial charge in [0.2, 0.25) is 10.0 Å². The second-order valence-corrected chi connectivity index (χ2v) is 8.78. The number of methoxy groups -OCH3 is 1. The zero-order chi connectivity index (χ0) is 21.0. The van der Waals surface area contributed by atoms with E-state index in [0.717, 1.165) is 37.2 Å². The predicted octanol–water partition coefficient (Wildman–Crippen LogP) is 3.03. The number of ether oxygens (including phenoxy) is 1. The minimum atomic E-state index is -3.90. The van der Waals surface area contributed by atoms with Crippen LogP contribution in [-0.2, 0) is 10.0 Å². The molecule has 1 unspecified atom stereocenters. The maximum atomic E-state index is 12.9. The number of nitrogens with one attached hydrogen (secondary N) is 1. The van der Waals surface area contributed by atoms with Gasteiger partial charge in [-0.25, -0.2) is 13.1 Å². The Labute approximate surface area is 170 Å². The Hall–Kier alpha value is -2.49. The molecule has 1 aliphatic rings. The second kappa shape index (κ2) is 8.89. The van der Waals surface area contributed by atoms with Crippen LogP contribution in [0.25, 0.3) is 0 Å². The summed E-state index contributed by atoms with van der Waals surface area (Å²) >= 11 is 0. The number of benzene rings is 2. The van der Waals surface area contributed by atoms with Crippen molar-refractivity contribution in [3.63, 3.8) is 0 Å². The van der Waals surface area contributed by atoms with Crippen molar-refractivity contribution in [2.24, 2.45) is 0 Å². The summed E-state index contributed by atoms with van der Waals surface area (Å²) in [4.78, 5) is 12.8. The molecule has 3 rings (SSSR count). The maximum Gasteiger partial charge on any atom is 0.273 e. The average molecular weight is 420 g/mol. The third-order valence-electron chi connectivity index (χ3n) is 5.29. The molecule has 0 spiro atoms. The molecule has 1 fully saturated rings. The van der Waals surface area contributed by atoms with E-state index in [-0.39, 0.29) is 28.7 Å². The van der Waals surface area contributed by atoms with Gasteiger partial charge in [-0.2, -0.15) is 0 Å². The minimum absolute atomic E-state index is 0.0680. The van der Waals surface area contributed by atoms with E-state index in [1.165, 1.54) is 25.1 Å². The molecule has 2 aromatic rings. The fourth-order valence-electron chi connectivity index (χ4n) is 3.70. The summed E-state index contributed by atoms with van der Waals surface area (Å²) in [6, 6.07) is 11.6. The molecule has 8 nitrogen and oxygen atoms in total. The van der Waals surface area contributed by atoms with Crippen molar-refractivity contribution in [1.29, 1.82) is 0 Å². The third-order valence-corrected chi connectivity index (χ3v) is 6.86. The van der Waals surface area contributed by atoms with Crippen molar-refractivity contribution in [3.05, 3.63) is 63.7 Å². The normalized spacial score (nSPS) is 15.9. The van der Waals surface area contributed by atoms with Gasteiger partial charge in [0.15, 0.2) is 0 Å². The van der Waals surface area contributed by atoms with Crippen molar-refractivity contribution in [1.82, 2.24) is 9.62 Å². The Morgan fingerprint density at radius 1 is 1.17 bits per heavy atom. The highest BCUT2D eigenvalue weighted by molar-refractivity contribution is 7.89. The van der Waals surface area contributed by atoms with Crippen molar-refractivity contribution >= 4 is 15.7 Å². The van der Waals surface area contributed by atoms with Crippen molar-refractivity contribution < 1.29 is 18.1 Å². The van der Waals surface area contributed by atoms with Gasteiger partial charge in [0.05, 0.1) is 16.9 Å². The largest absolute Gasteiger partial charge is 0.497 e. The molecular formula is C20H25N3O5S. The van der Waals surface area contributed by atoms with E-state index >= 15 is 0 Å². The molecule has 2 aromatic carbocycles. The molecular weight excluding hydrogens is 394 g/mol. The minimum Gasteiger partial charge on any atom is -0.497 e. The van der Waals surface area contributed by atoms with E-state index in [9.17, 15) is 18.5 Å². The number of nitrogens with zero attached hydrogens (tertiary/aromatic N) is 2. The fraction of sp³-hybridized carbons (Fsp3) is 0.400. The summed E-state index contributed by atoms with van der Waals surface area (Å²) in [6.07, 6.45) is 2.15. The van der Waals surface area contributed by atoms with Gasteiger partial charge < -0.3 is 4.74 Å². The smallest absolute Gasteiger partial charge is 0.273 e. The maximum absolute atomic E-state index is 12.9. The highest BCUT2D eigenvalue weighted by atomic mass is 32.2.